The second-order valence-electron chi connectivity index (χ2n) is 4.41. The topological polar surface area (TPSA) is 35.8 Å². The van der Waals surface area contributed by atoms with Crippen LogP contribution in [0.15, 0.2) is 24.5 Å². The van der Waals surface area contributed by atoms with Gasteiger partial charge in [0.1, 0.15) is 11.4 Å². The second-order valence-corrected chi connectivity index (χ2v) is 4.41. The van der Waals surface area contributed by atoms with Crippen LogP contribution in [-0.4, -0.2) is 29.7 Å². The van der Waals surface area contributed by atoms with Gasteiger partial charge in [-0.2, -0.15) is 0 Å². The average molecular weight is 232 g/mol. The van der Waals surface area contributed by atoms with Crippen LogP contribution in [0.2, 0.25) is 0 Å². The fraction of sp³-hybridized carbons (Fsp3) is 0.462. The van der Waals surface area contributed by atoms with E-state index in [-0.39, 0.29) is 0 Å². The van der Waals surface area contributed by atoms with Crippen molar-refractivity contribution in [3.63, 3.8) is 0 Å². The largest absolute Gasteiger partial charge is 0.495 e. The van der Waals surface area contributed by atoms with Gasteiger partial charge in [-0.3, -0.25) is 0 Å². The summed E-state index contributed by atoms with van der Waals surface area (Å²) in [5, 5.41) is 0. The molecular weight excluding hydrogens is 216 g/mol. The molecule has 17 heavy (non-hydrogen) atoms. The molecule has 1 unspecified atom stereocenters. The molecule has 0 aliphatic carbocycles. The number of ether oxygens (including phenoxy) is 2. The van der Waals surface area contributed by atoms with Gasteiger partial charge in [-0.15, -0.1) is 0 Å². The summed E-state index contributed by atoms with van der Waals surface area (Å²) in [5.41, 5.74) is 2.09. The normalized spacial score (nSPS) is 20.6. The molecule has 0 radical (unpaired) electrons. The Morgan fingerprint density at radius 2 is 2.35 bits per heavy atom. The van der Waals surface area contributed by atoms with Gasteiger partial charge in [-0.05, 0) is 25.0 Å². The standard InChI is InChI=1S/C13H16N2O2/c1-16-11-4-5-13-14-12(8-15(13)7-11)10-3-2-6-17-9-10/h4-5,7-8,10H,2-3,6,9H2,1H3. The van der Waals surface area contributed by atoms with Crippen molar-refractivity contribution in [1.29, 1.82) is 0 Å². The van der Waals surface area contributed by atoms with Crippen molar-refractivity contribution in [3.8, 4) is 5.75 Å². The zero-order chi connectivity index (χ0) is 11.7. The van der Waals surface area contributed by atoms with Crippen LogP contribution < -0.4 is 4.74 Å². The highest BCUT2D eigenvalue weighted by Gasteiger charge is 2.18. The fourth-order valence-corrected chi connectivity index (χ4v) is 2.28. The molecule has 0 spiro atoms. The van der Waals surface area contributed by atoms with Gasteiger partial charge in [-0.25, -0.2) is 4.98 Å². The first-order valence-electron chi connectivity index (χ1n) is 5.97. The molecule has 1 aliphatic heterocycles. The van der Waals surface area contributed by atoms with Gasteiger partial charge in [0, 0.05) is 18.7 Å². The predicted octanol–water partition coefficient (Wildman–Crippen LogP) is 2.24. The van der Waals surface area contributed by atoms with E-state index in [0.717, 1.165) is 36.7 Å². The number of pyridine rings is 1. The van der Waals surface area contributed by atoms with E-state index in [1.807, 2.05) is 22.7 Å². The first-order valence-corrected chi connectivity index (χ1v) is 5.97. The van der Waals surface area contributed by atoms with E-state index in [0.29, 0.717) is 5.92 Å². The lowest BCUT2D eigenvalue weighted by Gasteiger charge is -2.19. The smallest absolute Gasteiger partial charge is 0.137 e. The minimum Gasteiger partial charge on any atom is -0.495 e. The number of methoxy groups -OCH3 is 1. The number of imidazole rings is 1. The first kappa shape index (κ1) is 10.6. The molecule has 1 aliphatic rings. The zero-order valence-corrected chi connectivity index (χ0v) is 9.93. The Bertz CT molecular complexity index is 515. The van der Waals surface area contributed by atoms with E-state index in [2.05, 4.69) is 11.2 Å². The van der Waals surface area contributed by atoms with Crippen LogP contribution in [0.4, 0.5) is 0 Å². The highest BCUT2D eigenvalue weighted by atomic mass is 16.5. The van der Waals surface area contributed by atoms with Gasteiger partial charge < -0.3 is 13.9 Å². The molecule has 1 saturated heterocycles. The zero-order valence-electron chi connectivity index (χ0n) is 9.93. The first-order chi connectivity index (χ1) is 8.36. The van der Waals surface area contributed by atoms with E-state index in [4.69, 9.17) is 9.47 Å². The molecule has 0 amide bonds. The molecule has 90 valence electrons. The molecular formula is C13H16N2O2. The molecule has 0 N–H and O–H groups in total. The van der Waals surface area contributed by atoms with Gasteiger partial charge in [-0.1, -0.05) is 0 Å². The van der Waals surface area contributed by atoms with Crippen LogP contribution in [0.25, 0.3) is 5.65 Å². The van der Waals surface area contributed by atoms with Crippen LogP contribution in [0.1, 0.15) is 24.5 Å². The molecule has 1 fully saturated rings. The van der Waals surface area contributed by atoms with Gasteiger partial charge in [0.2, 0.25) is 0 Å². The number of aromatic nitrogens is 2. The third-order valence-corrected chi connectivity index (χ3v) is 3.26. The summed E-state index contributed by atoms with van der Waals surface area (Å²) >= 11 is 0. The summed E-state index contributed by atoms with van der Waals surface area (Å²) in [7, 11) is 1.67. The lowest BCUT2D eigenvalue weighted by atomic mass is 9.99. The lowest BCUT2D eigenvalue weighted by molar-refractivity contribution is 0.0794. The van der Waals surface area contributed by atoms with Crippen LogP contribution >= 0.6 is 0 Å². The predicted molar refractivity (Wildman–Crippen MR) is 64.5 cm³/mol. The van der Waals surface area contributed by atoms with E-state index in [9.17, 15) is 0 Å². The van der Waals surface area contributed by atoms with Crippen molar-refractivity contribution in [2.75, 3.05) is 20.3 Å². The average Bonchev–Trinajstić information content (AvgIpc) is 2.82. The Hall–Kier alpha value is -1.55. The third kappa shape index (κ3) is 2.00. The van der Waals surface area contributed by atoms with Crippen LogP contribution in [0, 0.1) is 0 Å². The minimum absolute atomic E-state index is 0.439. The molecule has 3 heterocycles. The Morgan fingerprint density at radius 3 is 3.12 bits per heavy atom. The highest BCUT2D eigenvalue weighted by Crippen LogP contribution is 2.25. The molecule has 2 aromatic heterocycles. The third-order valence-electron chi connectivity index (χ3n) is 3.26. The summed E-state index contributed by atoms with van der Waals surface area (Å²) in [6.07, 6.45) is 6.33. The maximum atomic E-state index is 5.50. The van der Waals surface area contributed by atoms with E-state index < -0.39 is 0 Å². The van der Waals surface area contributed by atoms with Crippen molar-refractivity contribution in [1.82, 2.24) is 9.38 Å². The summed E-state index contributed by atoms with van der Waals surface area (Å²) in [6, 6.07) is 3.91. The number of hydrogen-bond acceptors (Lipinski definition) is 3. The van der Waals surface area contributed by atoms with Gasteiger partial charge >= 0.3 is 0 Å². The van der Waals surface area contributed by atoms with Crippen molar-refractivity contribution >= 4 is 5.65 Å². The van der Waals surface area contributed by atoms with Crippen LogP contribution in [-0.2, 0) is 4.74 Å². The monoisotopic (exact) mass is 232 g/mol. The molecule has 4 heteroatoms. The van der Waals surface area contributed by atoms with Crippen molar-refractivity contribution in [2.24, 2.45) is 0 Å². The summed E-state index contributed by atoms with van der Waals surface area (Å²) < 4.78 is 12.7. The van der Waals surface area contributed by atoms with Crippen molar-refractivity contribution in [2.45, 2.75) is 18.8 Å². The molecule has 3 rings (SSSR count). The molecule has 0 aromatic carbocycles. The molecule has 1 atom stereocenters. The number of fused-ring (bicyclic) bond motifs is 1. The number of hydrogen-bond donors (Lipinski definition) is 0. The molecule has 4 nitrogen and oxygen atoms in total. The Labute approximate surface area is 100 Å². The van der Waals surface area contributed by atoms with Gasteiger partial charge in [0.05, 0.1) is 25.6 Å². The lowest BCUT2D eigenvalue weighted by Crippen LogP contribution is -2.15. The van der Waals surface area contributed by atoms with E-state index in [1.54, 1.807) is 7.11 Å². The minimum atomic E-state index is 0.439. The van der Waals surface area contributed by atoms with E-state index in [1.165, 1.54) is 6.42 Å². The van der Waals surface area contributed by atoms with Gasteiger partial charge in [0.15, 0.2) is 0 Å². The van der Waals surface area contributed by atoms with E-state index >= 15 is 0 Å². The summed E-state index contributed by atoms with van der Waals surface area (Å²) in [6.45, 7) is 1.68. The Kier molecular flexibility index (Phi) is 2.73. The van der Waals surface area contributed by atoms with Gasteiger partial charge in [0.25, 0.3) is 0 Å². The number of rotatable bonds is 2. The maximum Gasteiger partial charge on any atom is 0.137 e. The number of nitrogens with zero attached hydrogens (tertiary/aromatic N) is 2. The fourth-order valence-electron chi connectivity index (χ4n) is 2.28. The Balaban J connectivity index is 1.95. The molecule has 0 bridgehead atoms. The van der Waals surface area contributed by atoms with Crippen molar-refractivity contribution in [3.05, 3.63) is 30.2 Å². The van der Waals surface area contributed by atoms with Crippen LogP contribution in [0.5, 0.6) is 5.75 Å². The van der Waals surface area contributed by atoms with Crippen LogP contribution in [0.3, 0.4) is 0 Å². The Morgan fingerprint density at radius 1 is 1.41 bits per heavy atom. The molecule has 0 saturated carbocycles. The quantitative estimate of drug-likeness (QED) is 0.796. The molecule has 2 aromatic rings. The summed E-state index contributed by atoms with van der Waals surface area (Å²) in [5.74, 6) is 1.29. The highest BCUT2D eigenvalue weighted by molar-refractivity contribution is 5.43. The summed E-state index contributed by atoms with van der Waals surface area (Å²) in [4.78, 5) is 4.64. The second kappa shape index (κ2) is 4.37. The SMILES string of the molecule is COc1ccc2nc(C3CCCOC3)cn2c1. The van der Waals surface area contributed by atoms with Crippen molar-refractivity contribution < 1.29 is 9.47 Å². The maximum absolute atomic E-state index is 5.50.